The molecule has 0 bridgehead atoms. The van der Waals surface area contributed by atoms with Crippen molar-refractivity contribution in [3.05, 3.63) is 72.2 Å². The lowest BCUT2D eigenvalue weighted by Gasteiger charge is -2.32. The van der Waals surface area contributed by atoms with Gasteiger partial charge in [0.25, 0.3) is 5.91 Å². The molecule has 0 unspecified atom stereocenters. The Labute approximate surface area is 208 Å². The second-order valence-corrected chi connectivity index (χ2v) is 8.63. The third-order valence-electron chi connectivity index (χ3n) is 6.13. The average molecular weight is 513 g/mol. The molecule has 9 nitrogen and oxygen atoms in total. The van der Waals surface area contributed by atoms with Crippen molar-refractivity contribution in [3.63, 3.8) is 0 Å². The number of halogens is 3. The fraction of sp³-hybridized carbons (Fsp3) is 0.280. The highest BCUT2D eigenvalue weighted by molar-refractivity contribution is 5.97. The first kappa shape index (κ1) is 24.3. The molecule has 1 N–H and O–H groups in total. The predicted molar refractivity (Wildman–Crippen MR) is 126 cm³/mol. The molecule has 5 rings (SSSR count). The summed E-state index contributed by atoms with van der Waals surface area (Å²) in [5.41, 5.74) is 1.54. The van der Waals surface area contributed by atoms with E-state index in [4.69, 9.17) is 4.52 Å². The van der Waals surface area contributed by atoms with Crippen LogP contribution in [-0.4, -0.2) is 51.1 Å². The van der Waals surface area contributed by atoms with Gasteiger partial charge in [-0.25, -0.2) is 0 Å². The van der Waals surface area contributed by atoms with Crippen LogP contribution in [0.3, 0.4) is 0 Å². The van der Waals surface area contributed by atoms with Crippen LogP contribution >= 0.6 is 0 Å². The molecular formula is C25H22F3N5O4. The van der Waals surface area contributed by atoms with Crippen LogP contribution in [0.4, 0.5) is 18.9 Å². The Balaban J connectivity index is 1.17. The molecule has 37 heavy (non-hydrogen) atoms. The van der Waals surface area contributed by atoms with Gasteiger partial charge in [-0.15, -0.1) is 13.2 Å². The van der Waals surface area contributed by atoms with Crippen molar-refractivity contribution in [2.45, 2.75) is 31.7 Å². The molecule has 1 aliphatic rings. The number of hydrogen-bond donors (Lipinski definition) is 1. The zero-order valence-electron chi connectivity index (χ0n) is 19.4. The topological polar surface area (TPSA) is 102 Å². The van der Waals surface area contributed by atoms with E-state index in [1.165, 1.54) is 23.1 Å². The molecule has 1 saturated heterocycles. The first-order chi connectivity index (χ1) is 17.8. The summed E-state index contributed by atoms with van der Waals surface area (Å²) in [6.45, 7) is 0.676. The van der Waals surface area contributed by atoms with E-state index < -0.39 is 18.0 Å². The summed E-state index contributed by atoms with van der Waals surface area (Å²) in [6, 6.07) is 12.6. The van der Waals surface area contributed by atoms with E-state index in [2.05, 4.69) is 20.3 Å². The van der Waals surface area contributed by atoms with Gasteiger partial charge in [-0.3, -0.25) is 14.3 Å². The summed E-state index contributed by atoms with van der Waals surface area (Å²) >= 11 is 0. The number of hydrogen-bond acceptors (Lipinski definition) is 6. The number of benzene rings is 2. The lowest BCUT2D eigenvalue weighted by atomic mass is 10.0. The van der Waals surface area contributed by atoms with Crippen molar-refractivity contribution in [2.75, 3.05) is 18.4 Å². The van der Waals surface area contributed by atoms with Crippen LogP contribution in [0.5, 0.6) is 5.75 Å². The van der Waals surface area contributed by atoms with Crippen molar-refractivity contribution in [1.29, 1.82) is 0 Å². The molecule has 3 heterocycles. The van der Waals surface area contributed by atoms with Crippen LogP contribution in [0.1, 0.15) is 34.9 Å². The van der Waals surface area contributed by atoms with Crippen LogP contribution in [0.15, 0.2) is 65.4 Å². The predicted octanol–water partition coefficient (Wildman–Crippen LogP) is 4.58. The van der Waals surface area contributed by atoms with Crippen LogP contribution in [0, 0.1) is 0 Å². The number of alkyl halides is 3. The molecule has 192 valence electrons. The number of nitrogens with zero attached hydrogens (tertiary/aromatic N) is 4. The third-order valence-corrected chi connectivity index (χ3v) is 6.13. The Morgan fingerprint density at radius 1 is 1.08 bits per heavy atom. The molecule has 1 fully saturated rings. The van der Waals surface area contributed by atoms with Crippen LogP contribution in [-0.2, 0) is 11.2 Å². The Morgan fingerprint density at radius 2 is 1.81 bits per heavy atom. The number of rotatable bonds is 6. The van der Waals surface area contributed by atoms with Crippen molar-refractivity contribution in [2.24, 2.45) is 0 Å². The standard InChI is InChI=1S/C25H22F3N5O4/c26-25(27,28)36-21-7-3-2-6-19(21)24(35)32-11-9-17(10-12-32)33-15-16(14-29-33)30-23(34)13-20-18-5-1-4-8-22(18)37-31-20/h1-8,14-15,17H,9-13H2,(H,30,34). The number of para-hydroxylation sites is 2. The van der Waals surface area contributed by atoms with Gasteiger partial charge in [0.05, 0.1) is 29.9 Å². The Kier molecular flexibility index (Phi) is 6.55. The van der Waals surface area contributed by atoms with Crippen LogP contribution < -0.4 is 10.1 Å². The van der Waals surface area contributed by atoms with Crippen LogP contribution in [0.2, 0.25) is 0 Å². The smallest absolute Gasteiger partial charge is 0.405 e. The molecule has 0 aliphatic carbocycles. The maximum Gasteiger partial charge on any atom is 0.573 e. The summed E-state index contributed by atoms with van der Waals surface area (Å²) < 4.78 is 49.1. The molecule has 0 spiro atoms. The minimum Gasteiger partial charge on any atom is -0.405 e. The zero-order chi connectivity index (χ0) is 26.0. The van der Waals surface area contributed by atoms with E-state index in [9.17, 15) is 22.8 Å². The summed E-state index contributed by atoms with van der Waals surface area (Å²) in [4.78, 5) is 26.9. The number of nitrogens with one attached hydrogen (secondary N) is 1. The highest BCUT2D eigenvalue weighted by Gasteiger charge is 2.34. The van der Waals surface area contributed by atoms with Gasteiger partial charge in [0, 0.05) is 24.7 Å². The molecule has 1 aliphatic heterocycles. The monoisotopic (exact) mass is 513 g/mol. The number of ether oxygens (including phenoxy) is 1. The van der Waals surface area contributed by atoms with Gasteiger partial charge in [-0.1, -0.05) is 29.4 Å². The quantitative estimate of drug-likeness (QED) is 0.405. The second-order valence-electron chi connectivity index (χ2n) is 8.63. The van der Waals surface area contributed by atoms with Crippen LogP contribution in [0.25, 0.3) is 11.0 Å². The number of piperidine rings is 1. The maximum absolute atomic E-state index is 12.9. The second kappa shape index (κ2) is 9.96. The minimum atomic E-state index is -4.89. The number of carbonyl (C=O) groups is 2. The summed E-state index contributed by atoms with van der Waals surface area (Å²) in [6.07, 6.45) is -0.488. The van der Waals surface area contributed by atoms with E-state index in [1.807, 2.05) is 18.2 Å². The molecular weight excluding hydrogens is 491 g/mol. The SMILES string of the molecule is O=C(Cc1noc2ccccc12)Nc1cnn(C2CCN(C(=O)c3ccccc3OC(F)(F)F)CC2)c1. The lowest BCUT2D eigenvalue weighted by molar-refractivity contribution is -0.274. The number of aromatic nitrogens is 3. The van der Waals surface area contributed by atoms with E-state index in [0.717, 1.165) is 11.5 Å². The van der Waals surface area contributed by atoms with Crippen molar-refractivity contribution in [3.8, 4) is 5.75 Å². The molecule has 12 heteroatoms. The maximum atomic E-state index is 12.9. The molecule has 2 aromatic carbocycles. The van der Waals surface area contributed by atoms with Crippen molar-refractivity contribution < 1.29 is 32.0 Å². The highest BCUT2D eigenvalue weighted by Crippen LogP contribution is 2.29. The van der Waals surface area contributed by atoms with Gasteiger partial charge in [-0.2, -0.15) is 5.10 Å². The highest BCUT2D eigenvalue weighted by atomic mass is 19.4. The molecule has 0 saturated carbocycles. The average Bonchev–Trinajstić information content (AvgIpc) is 3.50. The Hall–Kier alpha value is -4.35. The van der Waals surface area contributed by atoms with E-state index >= 15 is 0 Å². The van der Waals surface area contributed by atoms with Gasteiger partial charge < -0.3 is 19.5 Å². The zero-order valence-corrected chi connectivity index (χ0v) is 19.4. The first-order valence-corrected chi connectivity index (χ1v) is 11.6. The lowest BCUT2D eigenvalue weighted by Crippen LogP contribution is -2.39. The summed E-state index contributed by atoms with van der Waals surface area (Å²) in [5, 5.41) is 11.9. The van der Waals surface area contributed by atoms with E-state index in [-0.39, 0.29) is 23.9 Å². The number of likely N-dealkylation sites (tertiary alicyclic amines) is 1. The van der Waals surface area contributed by atoms with Crippen molar-refractivity contribution in [1.82, 2.24) is 19.8 Å². The largest absolute Gasteiger partial charge is 0.573 e. The Morgan fingerprint density at radius 3 is 2.59 bits per heavy atom. The van der Waals surface area contributed by atoms with Gasteiger partial charge >= 0.3 is 6.36 Å². The van der Waals surface area contributed by atoms with E-state index in [0.29, 0.717) is 42.9 Å². The number of fused-ring (bicyclic) bond motifs is 1. The summed E-state index contributed by atoms with van der Waals surface area (Å²) in [5.74, 6) is -1.31. The normalized spacial score (nSPS) is 14.6. The number of anilines is 1. The first-order valence-electron chi connectivity index (χ1n) is 11.6. The number of carbonyl (C=O) groups excluding carboxylic acids is 2. The number of amides is 2. The Bertz CT molecular complexity index is 1420. The molecule has 0 atom stereocenters. The van der Waals surface area contributed by atoms with Gasteiger partial charge in [0.15, 0.2) is 5.58 Å². The fourth-order valence-corrected chi connectivity index (χ4v) is 4.39. The van der Waals surface area contributed by atoms with Gasteiger partial charge in [-0.05, 0) is 37.1 Å². The minimum absolute atomic E-state index is 0.0316. The molecule has 2 aromatic heterocycles. The fourth-order valence-electron chi connectivity index (χ4n) is 4.39. The molecule has 2 amide bonds. The summed E-state index contributed by atoms with van der Waals surface area (Å²) in [7, 11) is 0. The third kappa shape index (κ3) is 5.57. The molecule has 4 aromatic rings. The van der Waals surface area contributed by atoms with Gasteiger partial charge in [0.1, 0.15) is 11.4 Å². The van der Waals surface area contributed by atoms with Crippen molar-refractivity contribution >= 4 is 28.5 Å². The van der Waals surface area contributed by atoms with Gasteiger partial charge in [0.2, 0.25) is 5.91 Å². The molecule has 0 radical (unpaired) electrons. The van der Waals surface area contributed by atoms with E-state index in [1.54, 1.807) is 23.1 Å².